The van der Waals surface area contributed by atoms with Gasteiger partial charge in [-0.15, -0.1) is 22.7 Å². The third-order valence-electron chi connectivity index (χ3n) is 3.76. The van der Waals surface area contributed by atoms with Crippen molar-refractivity contribution in [2.24, 2.45) is 0 Å². The summed E-state index contributed by atoms with van der Waals surface area (Å²) in [5.74, 6) is 1.87. The molecule has 6 heteroatoms. The van der Waals surface area contributed by atoms with Crippen LogP contribution in [0.5, 0.6) is 0 Å². The summed E-state index contributed by atoms with van der Waals surface area (Å²) in [6.07, 6.45) is 1.09. The number of hydrogen-bond donors (Lipinski definition) is 0. The molecule has 1 saturated heterocycles. The maximum absolute atomic E-state index is 5.48. The third-order valence-corrected chi connectivity index (χ3v) is 5.49. The van der Waals surface area contributed by atoms with E-state index in [9.17, 15) is 0 Å². The average molecular weight is 317 g/mol. The largest absolute Gasteiger partial charge is 0.339 e. The first kappa shape index (κ1) is 13.2. The van der Waals surface area contributed by atoms with E-state index in [1.807, 2.05) is 28.8 Å². The van der Waals surface area contributed by atoms with Gasteiger partial charge in [0.2, 0.25) is 11.7 Å². The Labute approximate surface area is 131 Å². The van der Waals surface area contributed by atoms with Crippen molar-refractivity contribution in [2.45, 2.75) is 18.9 Å². The van der Waals surface area contributed by atoms with E-state index in [0.717, 1.165) is 42.6 Å². The fourth-order valence-electron chi connectivity index (χ4n) is 2.71. The zero-order valence-electron chi connectivity index (χ0n) is 11.4. The van der Waals surface area contributed by atoms with Crippen LogP contribution in [0.2, 0.25) is 0 Å². The first-order valence-electron chi connectivity index (χ1n) is 7.01. The molecule has 0 radical (unpaired) electrons. The lowest BCUT2D eigenvalue weighted by molar-refractivity contribution is 0.311. The molecule has 1 atom stereocenters. The van der Waals surface area contributed by atoms with Gasteiger partial charge in [0.05, 0.1) is 10.8 Å². The minimum atomic E-state index is 0.367. The van der Waals surface area contributed by atoms with Crippen LogP contribution in [0.25, 0.3) is 10.7 Å². The Balaban J connectivity index is 1.43. The molecule has 0 aromatic carbocycles. The van der Waals surface area contributed by atoms with Crippen molar-refractivity contribution in [3.05, 3.63) is 45.8 Å². The van der Waals surface area contributed by atoms with Crippen molar-refractivity contribution in [3.63, 3.8) is 0 Å². The summed E-state index contributed by atoms with van der Waals surface area (Å²) in [6, 6.07) is 8.34. The molecule has 4 heterocycles. The monoisotopic (exact) mass is 317 g/mol. The molecule has 0 N–H and O–H groups in total. The molecule has 0 amide bonds. The molecule has 3 aromatic rings. The van der Waals surface area contributed by atoms with Gasteiger partial charge >= 0.3 is 0 Å². The summed E-state index contributed by atoms with van der Waals surface area (Å²) in [7, 11) is 0. The van der Waals surface area contributed by atoms with Crippen LogP contribution >= 0.6 is 22.7 Å². The predicted octanol–water partition coefficient (Wildman–Crippen LogP) is 3.85. The van der Waals surface area contributed by atoms with Gasteiger partial charge in [0.25, 0.3) is 0 Å². The van der Waals surface area contributed by atoms with Crippen LogP contribution < -0.4 is 0 Å². The van der Waals surface area contributed by atoms with Crippen LogP contribution in [0, 0.1) is 0 Å². The Morgan fingerprint density at radius 3 is 2.95 bits per heavy atom. The number of nitrogens with zero attached hydrogens (tertiary/aromatic N) is 3. The molecule has 0 aliphatic carbocycles. The summed E-state index contributed by atoms with van der Waals surface area (Å²) < 4.78 is 5.48. The molecular formula is C15H15N3OS2. The Hall–Kier alpha value is -1.50. The average Bonchev–Trinajstić information content (AvgIpc) is 3.28. The molecule has 1 aliphatic heterocycles. The van der Waals surface area contributed by atoms with Gasteiger partial charge in [0.1, 0.15) is 0 Å². The van der Waals surface area contributed by atoms with E-state index in [-0.39, 0.29) is 0 Å². The van der Waals surface area contributed by atoms with Crippen molar-refractivity contribution in [2.75, 3.05) is 13.1 Å². The quantitative estimate of drug-likeness (QED) is 0.733. The zero-order valence-corrected chi connectivity index (χ0v) is 13.1. The predicted molar refractivity (Wildman–Crippen MR) is 84.6 cm³/mol. The molecular weight excluding hydrogens is 302 g/mol. The highest BCUT2D eigenvalue weighted by Gasteiger charge is 2.28. The van der Waals surface area contributed by atoms with Crippen LogP contribution in [0.4, 0.5) is 0 Å². The SMILES string of the molecule is c1csc(CN2CC[C@@H](c3nc(-c4cccs4)no3)C2)c1. The minimum Gasteiger partial charge on any atom is -0.339 e. The Kier molecular flexibility index (Phi) is 3.58. The van der Waals surface area contributed by atoms with Gasteiger partial charge in [0.15, 0.2) is 0 Å². The van der Waals surface area contributed by atoms with E-state index >= 15 is 0 Å². The maximum atomic E-state index is 5.48. The lowest BCUT2D eigenvalue weighted by Gasteiger charge is -2.13. The zero-order chi connectivity index (χ0) is 14.1. The fraction of sp³-hybridized carbons (Fsp3) is 0.333. The summed E-state index contributed by atoms with van der Waals surface area (Å²) in [5.41, 5.74) is 0. The van der Waals surface area contributed by atoms with E-state index in [0.29, 0.717) is 5.92 Å². The summed E-state index contributed by atoms with van der Waals surface area (Å²) in [6.45, 7) is 3.13. The Morgan fingerprint density at radius 1 is 1.24 bits per heavy atom. The lowest BCUT2D eigenvalue weighted by atomic mass is 10.1. The topological polar surface area (TPSA) is 42.2 Å². The van der Waals surface area contributed by atoms with E-state index in [1.165, 1.54) is 4.88 Å². The molecule has 3 aromatic heterocycles. The number of likely N-dealkylation sites (tertiary alicyclic amines) is 1. The first-order chi connectivity index (χ1) is 10.4. The van der Waals surface area contributed by atoms with E-state index in [4.69, 9.17) is 4.52 Å². The molecule has 4 nitrogen and oxygen atoms in total. The van der Waals surface area contributed by atoms with Gasteiger partial charge in [-0.3, -0.25) is 4.90 Å². The highest BCUT2D eigenvalue weighted by molar-refractivity contribution is 7.13. The number of rotatable bonds is 4. The van der Waals surface area contributed by atoms with Crippen LogP contribution in [-0.2, 0) is 6.54 Å². The molecule has 0 saturated carbocycles. The van der Waals surface area contributed by atoms with Crippen LogP contribution in [0.15, 0.2) is 39.5 Å². The molecule has 1 fully saturated rings. The second kappa shape index (κ2) is 5.71. The molecule has 4 rings (SSSR count). The smallest absolute Gasteiger partial charge is 0.231 e. The van der Waals surface area contributed by atoms with E-state index in [2.05, 4.69) is 32.6 Å². The van der Waals surface area contributed by atoms with Crippen molar-refractivity contribution in [1.82, 2.24) is 15.0 Å². The van der Waals surface area contributed by atoms with E-state index in [1.54, 1.807) is 11.3 Å². The molecule has 1 aliphatic rings. The second-order valence-corrected chi connectivity index (χ2v) is 7.21. The number of aromatic nitrogens is 2. The van der Waals surface area contributed by atoms with Gasteiger partial charge < -0.3 is 4.52 Å². The molecule has 0 unspecified atom stereocenters. The van der Waals surface area contributed by atoms with Gasteiger partial charge in [0, 0.05) is 18.0 Å². The van der Waals surface area contributed by atoms with Crippen LogP contribution in [0.1, 0.15) is 23.1 Å². The normalized spacial score (nSPS) is 19.3. The van der Waals surface area contributed by atoms with Crippen LogP contribution in [-0.4, -0.2) is 28.1 Å². The minimum absolute atomic E-state index is 0.367. The number of thiophene rings is 2. The highest BCUT2D eigenvalue weighted by Crippen LogP contribution is 2.30. The standard InChI is InChI=1S/C15H15N3OS2/c1-3-12(20-7-1)10-18-6-5-11(9-18)15-16-14(17-19-15)13-4-2-8-21-13/h1-4,7-8,11H,5-6,9-10H2/t11-/m1/s1. The molecule has 0 bridgehead atoms. The summed E-state index contributed by atoms with van der Waals surface area (Å²) >= 11 is 3.46. The second-order valence-electron chi connectivity index (χ2n) is 5.23. The van der Waals surface area contributed by atoms with Gasteiger partial charge in [-0.1, -0.05) is 17.3 Å². The fourth-order valence-corrected chi connectivity index (χ4v) is 4.10. The Bertz CT molecular complexity index is 690. The van der Waals surface area contributed by atoms with Crippen molar-refractivity contribution >= 4 is 22.7 Å². The molecule has 21 heavy (non-hydrogen) atoms. The van der Waals surface area contributed by atoms with Crippen molar-refractivity contribution < 1.29 is 4.52 Å². The van der Waals surface area contributed by atoms with Crippen molar-refractivity contribution in [3.8, 4) is 10.7 Å². The van der Waals surface area contributed by atoms with Gasteiger partial charge in [-0.25, -0.2) is 0 Å². The van der Waals surface area contributed by atoms with Crippen LogP contribution in [0.3, 0.4) is 0 Å². The summed E-state index contributed by atoms with van der Waals surface area (Å²) in [5, 5.41) is 8.28. The van der Waals surface area contributed by atoms with Gasteiger partial charge in [-0.2, -0.15) is 4.98 Å². The molecule has 108 valence electrons. The first-order valence-corrected chi connectivity index (χ1v) is 8.76. The van der Waals surface area contributed by atoms with E-state index < -0.39 is 0 Å². The lowest BCUT2D eigenvalue weighted by Crippen LogP contribution is -2.19. The summed E-state index contributed by atoms with van der Waals surface area (Å²) in [4.78, 5) is 9.52. The molecule has 0 spiro atoms. The maximum Gasteiger partial charge on any atom is 0.231 e. The number of hydrogen-bond acceptors (Lipinski definition) is 6. The Morgan fingerprint density at radius 2 is 2.14 bits per heavy atom. The van der Waals surface area contributed by atoms with Crippen molar-refractivity contribution in [1.29, 1.82) is 0 Å². The highest BCUT2D eigenvalue weighted by atomic mass is 32.1. The van der Waals surface area contributed by atoms with Gasteiger partial charge in [-0.05, 0) is 35.9 Å². The third kappa shape index (κ3) is 2.79.